The van der Waals surface area contributed by atoms with Crippen molar-refractivity contribution < 1.29 is 4.79 Å². The Morgan fingerprint density at radius 1 is 1.37 bits per heavy atom. The molecule has 0 aliphatic carbocycles. The van der Waals surface area contributed by atoms with Crippen LogP contribution in [0.5, 0.6) is 0 Å². The zero-order valence-corrected chi connectivity index (χ0v) is 12.5. The summed E-state index contributed by atoms with van der Waals surface area (Å²) < 4.78 is 0. The first-order valence-electron chi connectivity index (χ1n) is 7.91. The van der Waals surface area contributed by atoms with Crippen LogP contribution in [0.15, 0.2) is 0 Å². The first kappa shape index (κ1) is 14.8. The average Bonchev–Trinajstić information content (AvgIpc) is 2.39. The first-order valence-corrected chi connectivity index (χ1v) is 7.91. The van der Waals surface area contributed by atoms with Crippen LogP contribution in [0.1, 0.15) is 46.0 Å². The molecule has 2 aliphatic heterocycles. The zero-order chi connectivity index (χ0) is 13.7. The smallest absolute Gasteiger partial charge is 0.237 e. The molecule has 0 aromatic heterocycles. The molecular weight excluding hydrogens is 238 g/mol. The minimum atomic E-state index is 0.0384. The van der Waals surface area contributed by atoms with Gasteiger partial charge in [0.2, 0.25) is 5.91 Å². The maximum atomic E-state index is 12.1. The van der Waals surface area contributed by atoms with Gasteiger partial charge in [-0.1, -0.05) is 13.3 Å². The molecular formula is C15H29N3O. The number of amides is 1. The Bertz CT molecular complexity index is 289. The molecule has 0 aromatic carbocycles. The summed E-state index contributed by atoms with van der Waals surface area (Å²) in [5, 5.41) is 6.48. The van der Waals surface area contributed by atoms with Crippen LogP contribution in [-0.2, 0) is 4.79 Å². The summed E-state index contributed by atoms with van der Waals surface area (Å²) in [6.45, 7) is 8.79. The summed E-state index contributed by atoms with van der Waals surface area (Å²) in [6.07, 6.45) is 6.00. The molecule has 0 bridgehead atoms. The summed E-state index contributed by atoms with van der Waals surface area (Å²) in [4.78, 5) is 14.6. The predicted molar refractivity (Wildman–Crippen MR) is 78.1 cm³/mol. The first-order chi connectivity index (χ1) is 9.15. The van der Waals surface area contributed by atoms with Gasteiger partial charge in [0.1, 0.15) is 0 Å². The van der Waals surface area contributed by atoms with E-state index in [0.29, 0.717) is 0 Å². The van der Waals surface area contributed by atoms with E-state index >= 15 is 0 Å². The number of carbonyl (C=O) groups is 1. The van der Waals surface area contributed by atoms with Crippen LogP contribution in [0, 0.1) is 5.92 Å². The van der Waals surface area contributed by atoms with E-state index in [1.807, 2.05) is 0 Å². The van der Waals surface area contributed by atoms with Gasteiger partial charge in [-0.25, -0.2) is 0 Å². The second-order valence-electron chi connectivity index (χ2n) is 6.42. The van der Waals surface area contributed by atoms with Gasteiger partial charge in [0.25, 0.3) is 0 Å². The van der Waals surface area contributed by atoms with Crippen LogP contribution in [0.25, 0.3) is 0 Å². The molecule has 0 spiro atoms. The predicted octanol–water partition coefficient (Wildman–Crippen LogP) is 1.37. The fraction of sp³-hybridized carbons (Fsp3) is 0.933. The van der Waals surface area contributed by atoms with Crippen LogP contribution in [-0.4, -0.2) is 49.1 Å². The molecule has 2 fully saturated rings. The molecule has 4 heteroatoms. The number of nitrogens with one attached hydrogen (secondary N) is 2. The van der Waals surface area contributed by atoms with Crippen molar-refractivity contribution >= 4 is 5.91 Å². The second-order valence-corrected chi connectivity index (χ2v) is 6.42. The molecule has 2 saturated heterocycles. The highest BCUT2D eigenvalue weighted by Gasteiger charge is 2.23. The van der Waals surface area contributed by atoms with Crippen molar-refractivity contribution in [1.29, 1.82) is 0 Å². The number of rotatable bonds is 4. The van der Waals surface area contributed by atoms with Crippen LogP contribution < -0.4 is 10.6 Å². The minimum absolute atomic E-state index is 0.0384. The van der Waals surface area contributed by atoms with E-state index in [0.717, 1.165) is 25.4 Å². The monoisotopic (exact) mass is 267 g/mol. The van der Waals surface area contributed by atoms with E-state index in [-0.39, 0.29) is 18.0 Å². The van der Waals surface area contributed by atoms with Crippen LogP contribution in [0.2, 0.25) is 0 Å². The molecule has 4 nitrogen and oxygen atoms in total. The Balaban J connectivity index is 1.70. The lowest BCUT2D eigenvalue weighted by atomic mass is 10.00. The zero-order valence-electron chi connectivity index (χ0n) is 12.5. The highest BCUT2D eigenvalue weighted by molar-refractivity contribution is 5.82. The molecule has 19 heavy (non-hydrogen) atoms. The summed E-state index contributed by atoms with van der Waals surface area (Å²) in [7, 11) is 0. The normalized spacial score (nSPS) is 30.8. The van der Waals surface area contributed by atoms with Crippen LogP contribution >= 0.6 is 0 Å². The second kappa shape index (κ2) is 7.25. The third-order valence-corrected chi connectivity index (χ3v) is 4.29. The van der Waals surface area contributed by atoms with Gasteiger partial charge in [0.05, 0.1) is 6.04 Å². The van der Waals surface area contributed by atoms with Gasteiger partial charge in [-0.2, -0.15) is 0 Å². The van der Waals surface area contributed by atoms with Crippen LogP contribution in [0.4, 0.5) is 0 Å². The van der Waals surface area contributed by atoms with Gasteiger partial charge in [-0.3, -0.25) is 4.79 Å². The molecule has 2 heterocycles. The summed E-state index contributed by atoms with van der Waals surface area (Å²) >= 11 is 0. The van der Waals surface area contributed by atoms with Crippen molar-refractivity contribution in [3.05, 3.63) is 0 Å². The van der Waals surface area contributed by atoms with Crippen molar-refractivity contribution in [3.8, 4) is 0 Å². The fourth-order valence-electron chi connectivity index (χ4n) is 3.30. The SMILES string of the molecule is CC1CCCN(CC(C)NC(=O)[C@H]2CCCCN2)C1. The number of hydrogen-bond donors (Lipinski definition) is 2. The number of nitrogens with zero attached hydrogens (tertiary/aromatic N) is 1. The van der Waals surface area contributed by atoms with Crippen LogP contribution in [0.3, 0.4) is 0 Å². The topological polar surface area (TPSA) is 44.4 Å². The van der Waals surface area contributed by atoms with Gasteiger partial charge >= 0.3 is 0 Å². The standard InChI is InChI=1S/C15H29N3O/c1-12-6-5-9-18(10-12)11-13(2)17-15(19)14-7-3-4-8-16-14/h12-14,16H,3-11H2,1-2H3,(H,17,19)/t12?,13?,14-/m1/s1. The molecule has 110 valence electrons. The van der Waals surface area contributed by atoms with Gasteiger partial charge in [-0.05, 0) is 51.6 Å². The molecule has 2 unspecified atom stereocenters. The summed E-state index contributed by atoms with van der Waals surface area (Å²) in [6, 6.07) is 0.290. The van der Waals surface area contributed by atoms with Gasteiger partial charge in [0.15, 0.2) is 0 Å². The number of likely N-dealkylation sites (tertiary alicyclic amines) is 1. The van der Waals surface area contributed by atoms with E-state index in [1.54, 1.807) is 0 Å². The van der Waals surface area contributed by atoms with Crippen molar-refractivity contribution in [3.63, 3.8) is 0 Å². The Morgan fingerprint density at radius 3 is 2.89 bits per heavy atom. The molecule has 3 atom stereocenters. The maximum Gasteiger partial charge on any atom is 0.237 e. The lowest BCUT2D eigenvalue weighted by molar-refractivity contribution is -0.124. The van der Waals surface area contributed by atoms with E-state index in [9.17, 15) is 4.79 Å². The fourth-order valence-corrected chi connectivity index (χ4v) is 3.30. The van der Waals surface area contributed by atoms with E-state index in [4.69, 9.17) is 0 Å². The number of piperidine rings is 2. The van der Waals surface area contributed by atoms with Crippen molar-refractivity contribution in [2.75, 3.05) is 26.2 Å². The summed E-state index contributed by atoms with van der Waals surface area (Å²) in [5.74, 6) is 0.994. The van der Waals surface area contributed by atoms with Gasteiger partial charge < -0.3 is 15.5 Å². The van der Waals surface area contributed by atoms with Crippen molar-refractivity contribution in [2.45, 2.75) is 58.0 Å². The molecule has 1 amide bonds. The highest BCUT2D eigenvalue weighted by atomic mass is 16.2. The third kappa shape index (κ3) is 4.77. The lowest BCUT2D eigenvalue weighted by Gasteiger charge is -2.33. The Morgan fingerprint density at radius 2 is 2.21 bits per heavy atom. The lowest BCUT2D eigenvalue weighted by Crippen LogP contribution is -2.52. The maximum absolute atomic E-state index is 12.1. The van der Waals surface area contributed by atoms with Gasteiger partial charge in [-0.15, -0.1) is 0 Å². The van der Waals surface area contributed by atoms with Crippen molar-refractivity contribution in [2.24, 2.45) is 5.92 Å². The average molecular weight is 267 g/mol. The van der Waals surface area contributed by atoms with Gasteiger partial charge in [0, 0.05) is 19.1 Å². The Labute approximate surface area is 117 Å². The minimum Gasteiger partial charge on any atom is -0.351 e. The molecule has 0 saturated carbocycles. The molecule has 0 radical (unpaired) electrons. The highest BCUT2D eigenvalue weighted by Crippen LogP contribution is 2.15. The molecule has 2 N–H and O–H groups in total. The molecule has 2 aliphatic rings. The third-order valence-electron chi connectivity index (χ3n) is 4.29. The largest absolute Gasteiger partial charge is 0.351 e. The number of carbonyl (C=O) groups excluding carboxylic acids is 1. The molecule has 2 rings (SSSR count). The van der Waals surface area contributed by atoms with Crippen molar-refractivity contribution in [1.82, 2.24) is 15.5 Å². The quantitative estimate of drug-likeness (QED) is 0.808. The van der Waals surface area contributed by atoms with E-state index in [1.165, 1.54) is 38.8 Å². The van der Waals surface area contributed by atoms with E-state index in [2.05, 4.69) is 29.4 Å². The Kier molecular flexibility index (Phi) is 5.64. The molecule has 0 aromatic rings. The Hall–Kier alpha value is -0.610. The number of hydrogen-bond acceptors (Lipinski definition) is 3. The summed E-state index contributed by atoms with van der Waals surface area (Å²) in [5.41, 5.74) is 0. The van der Waals surface area contributed by atoms with E-state index < -0.39 is 0 Å².